The molecule has 0 atom stereocenters. The zero-order chi connectivity index (χ0) is 11.5. The van der Waals surface area contributed by atoms with Crippen LogP contribution < -0.4 is 10.6 Å². The number of ketones is 1. The minimum Gasteiger partial charge on any atom is -0.351 e. The summed E-state index contributed by atoms with van der Waals surface area (Å²) < 4.78 is 0. The van der Waals surface area contributed by atoms with Crippen LogP contribution in [0.15, 0.2) is 12.2 Å². The molecule has 0 radical (unpaired) electrons. The van der Waals surface area contributed by atoms with Crippen molar-refractivity contribution in [3.63, 3.8) is 0 Å². The molecule has 0 aromatic heterocycles. The molecule has 2 N–H and O–H groups in total. The van der Waals surface area contributed by atoms with E-state index in [1.54, 1.807) is 6.92 Å². The lowest BCUT2D eigenvalue weighted by molar-refractivity contribution is -0.117. The third kappa shape index (κ3) is 9.15. The van der Waals surface area contributed by atoms with Gasteiger partial charge in [0.05, 0.1) is 0 Å². The zero-order valence-corrected chi connectivity index (χ0v) is 9.51. The normalized spacial score (nSPS) is 10.5. The van der Waals surface area contributed by atoms with Crippen LogP contribution in [0, 0.1) is 0 Å². The number of amides is 1. The van der Waals surface area contributed by atoms with E-state index >= 15 is 0 Å². The van der Waals surface area contributed by atoms with Crippen LogP contribution in [0.3, 0.4) is 0 Å². The molecule has 0 heterocycles. The predicted molar refractivity (Wildman–Crippen MR) is 64.8 cm³/mol. The molecular formula is C11H24N2O2. The van der Waals surface area contributed by atoms with E-state index in [0.717, 1.165) is 19.5 Å². The number of carbonyl (C=O) groups excluding carboxylic acids is 2. The van der Waals surface area contributed by atoms with Crippen molar-refractivity contribution in [2.75, 3.05) is 19.6 Å². The first kappa shape index (κ1) is 13.8. The van der Waals surface area contributed by atoms with Crippen LogP contribution in [0.4, 0.5) is 0 Å². The van der Waals surface area contributed by atoms with E-state index in [9.17, 15) is 9.59 Å². The maximum absolute atomic E-state index is 11.1. The fourth-order valence-corrected chi connectivity index (χ4v) is 0.921. The van der Waals surface area contributed by atoms with Crippen molar-refractivity contribution in [3.8, 4) is 0 Å². The van der Waals surface area contributed by atoms with Gasteiger partial charge in [0.15, 0.2) is 5.78 Å². The Morgan fingerprint density at radius 1 is 1.13 bits per heavy atom. The smallest absolute Gasteiger partial charge is 0.244 e. The fourth-order valence-electron chi connectivity index (χ4n) is 0.921. The maximum atomic E-state index is 11.1. The number of allylic oxidation sites excluding steroid dienone is 1. The fraction of sp³-hybridized carbons (Fsp3) is 0.636. The van der Waals surface area contributed by atoms with Gasteiger partial charge in [-0.2, -0.15) is 0 Å². The summed E-state index contributed by atoms with van der Waals surface area (Å²) >= 11 is 0. The van der Waals surface area contributed by atoms with E-state index < -0.39 is 0 Å². The summed E-state index contributed by atoms with van der Waals surface area (Å²) in [5, 5.41) is 5.84. The molecule has 1 amide bonds. The highest BCUT2D eigenvalue weighted by molar-refractivity contribution is 5.97. The largest absolute Gasteiger partial charge is 0.351 e. The van der Waals surface area contributed by atoms with Gasteiger partial charge in [-0.3, -0.25) is 9.59 Å². The van der Waals surface area contributed by atoms with Gasteiger partial charge in [0.2, 0.25) is 5.91 Å². The second-order valence-corrected chi connectivity index (χ2v) is 3.19. The van der Waals surface area contributed by atoms with Crippen LogP contribution in [0.2, 0.25) is 0 Å². The Morgan fingerprint density at radius 2 is 1.87 bits per heavy atom. The molecule has 0 bridgehead atoms. The van der Waals surface area contributed by atoms with Gasteiger partial charge >= 0.3 is 0 Å². The lowest BCUT2D eigenvalue weighted by Gasteiger charge is -2.03. The molecule has 0 aromatic rings. The third-order valence-electron chi connectivity index (χ3n) is 1.80. The average Bonchev–Trinajstić information content (AvgIpc) is 2.25. The number of hydrogen-bond donors (Lipinski definition) is 2. The average molecular weight is 216 g/mol. The summed E-state index contributed by atoms with van der Waals surface area (Å²) in [6, 6.07) is 0. The molecule has 0 rings (SSSR count). The third-order valence-corrected chi connectivity index (χ3v) is 1.80. The number of carbonyl (C=O) groups is 2. The number of hydrogen-bond acceptors (Lipinski definition) is 3. The van der Waals surface area contributed by atoms with Crippen molar-refractivity contribution < 1.29 is 12.4 Å². The minimum atomic E-state index is -0.213. The molecule has 0 aliphatic carbocycles. The van der Waals surface area contributed by atoms with Crippen LogP contribution in [-0.2, 0) is 9.59 Å². The van der Waals surface area contributed by atoms with E-state index in [-0.39, 0.29) is 14.5 Å². The maximum Gasteiger partial charge on any atom is 0.244 e. The lowest BCUT2D eigenvalue weighted by atomic mass is 10.3. The van der Waals surface area contributed by atoms with Crippen LogP contribution >= 0.6 is 0 Å². The Kier molecular flexibility index (Phi) is 8.67. The topological polar surface area (TPSA) is 58.2 Å². The van der Waals surface area contributed by atoms with Crippen molar-refractivity contribution in [2.24, 2.45) is 0 Å². The monoisotopic (exact) mass is 216 g/mol. The SMILES string of the molecule is CCCNCCNC(=O)/C=C\C(=O)CC.[HH].[HH]. The molecule has 0 aromatic carbocycles. The highest BCUT2D eigenvalue weighted by atomic mass is 16.1. The standard InChI is InChI=1S/C11H20N2O2.2H2/c1-3-7-12-8-9-13-11(15)6-5-10(14)4-2;;/h5-6,12H,3-4,7-9H2,1-2H3,(H,13,15);2*1H/b6-5-;;. The minimum absolute atomic E-state index is 0. The Labute approximate surface area is 94.1 Å². The van der Waals surface area contributed by atoms with Crippen molar-refractivity contribution in [2.45, 2.75) is 26.7 Å². The summed E-state index contributed by atoms with van der Waals surface area (Å²) in [5.41, 5.74) is 0. The van der Waals surface area contributed by atoms with Crippen LogP contribution in [-0.4, -0.2) is 31.3 Å². The first-order chi connectivity index (χ1) is 7.20. The highest BCUT2D eigenvalue weighted by Gasteiger charge is 1.95. The zero-order valence-electron chi connectivity index (χ0n) is 9.51. The molecular weight excluding hydrogens is 192 g/mol. The molecule has 0 saturated heterocycles. The van der Waals surface area contributed by atoms with E-state index in [4.69, 9.17) is 0 Å². The highest BCUT2D eigenvalue weighted by Crippen LogP contribution is 1.82. The molecule has 0 unspecified atom stereocenters. The Balaban J connectivity index is -0.000000980. The Morgan fingerprint density at radius 3 is 2.47 bits per heavy atom. The molecule has 90 valence electrons. The van der Waals surface area contributed by atoms with Gasteiger partial charge in [-0.05, 0) is 19.0 Å². The van der Waals surface area contributed by atoms with Gasteiger partial charge in [-0.15, -0.1) is 0 Å². The molecule has 4 heteroatoms. The summed E-state index contributed by atoms with van der Waals surface area (Å²) in [4.78, 5) is 22.0. The van der Waals surface area contributed by atoms with E-state index in [1.807, 2.05) is 0 Å². The molecule has 0 fully saturated rings. The van der Waals surface area contributed by atoms with Gasteiger partial charge in [-0.25, -0.2) is 0 Å². The van der Waals surface area contributed by atoms with Gasteiger partial charge in [0.1, 0.15) is 0 Å². The molecule has 15 heavy (non-hydrogen) atoms. The van der Waals surface area contributed by atoms with Gasteiger partial charge in [0, 0.05) is 28.4 Å². The van der Waals surface area contributed by atoms with Crippen molar-refractivity contribution in [1.29, 1.82) is 0 Å². The van der Waals surface area contributed by atoms with E-state index in [1.165, 1.54) is 12.2 Å². The summed E-state index contributed by atoms with van der Waals surface area (Å²) in [6.07, 6.45) is 4.11. The van der Waals surface area contributed by atoms with E-state index in [0.29, 0.717) is 13.0 Å². The molecule has 0 saturated carbocycles. The van der Waals surface area contributed by atoms with Gasteiger partial charge < -0.3 is 10.6 Å². The molecule has 0 spiro atoms. The first-order valence-corrected chi connectivity index (χ1v) is 5.40. The summed E-state index contributed by atoms with van der Waals surface area (Å²) in [5.74, 6) is -0.246. The molecule has 0 aliphatic rings. The van der Waals surface area contributed by atoms with Crippen LogP contribution in [0.1, 0.15) is 29.5 Å². The van der Waals surface area contributed by atoms with E-state index in [2.05, 4.69) is 17.6 Å². The van der Waals surface area contributed by atoms with Crippen molar-refractivity contribution in [3.05, 3.63) is 12.2 Å². The lowest BCUT2D eigenvalue weighted by Crippen LogP contribution is -2.31. The second-order valence-electron chi connectivity index (χ2n) is 3.19. The summed E-state index contributed by atoms with van der Waals surface area (Å²) in [7, 11) is 0. The Hall–Kier alpha value is -1.16. The number of rotatable bonds is 8. The van der Waals surface area contributed by atoms with Crippen molar-refractivity contribution in [1.82, 2.24) is 10.6 Å². The number of nitrogens with one attached hydrogen (secondary N) is 2. The first-order valence-electron chi connectivity index (χ1n) is 5.40. The summed E-state index contributed by atoms with van der Waals surface area (Å²) in [6.45, 7) is 6.16. The second kappa shape index (κ2) is 9.40. The van der Waals surface area contributed by atoms with Crippen LogP contribution in [0.25, 0.3) is 0 Å². The van der Waals surface area contributed by atoms with Crippen molar-refractivity contribution >= 4 is 11.7 Å². The quantitative estimate of drug-likeness (QED) is 0.472. The van der Waals surface area contributed by atoms with Crippen LogP contribution in [0.5, 0.6) is 0 Å². The predicted octanol–water partition coefficient (Wildman–Crippen LogP) is 1.13. The molecule has 4 nitrogen and oxygen atoms in total. The van der Waals surface area contributed by atoms with Gasteiger partial charge in [0.25, 0.3) is 0 Å². The molecule has 0 aliphatic heterocycles. The Bertz CT molecular complexity index is 234. The van der Waals surface area contributed by atoms with Gasteiger partial charge in [-0.1, -0.05) is 13.8 Å².